The Bertz CT molecular complexity index is 635. The van der Waals surface area contributed by atoms with Crippen LogP contribution in [0.1, 0.15) is 59.3 Å². The number of allylic oxidation sites excluding steroid dienone is 2. The fourth-order valence-electron chi connectivity index (χ4n) is 6.91. The van der Waals surface area contributed by atoms with Crippen molar-refractivity contribution in [1.82, 2.24) is 0 Å². The van der Waals surface area contributed by atoms with E-state index < -0.39 is 11.7 Å². The average molecular weight is 330 g/mol. The highest BCUT2D eigenvalue weighted by Crippen LogP contribution is 2.67. The minimum absolute atomic E-state index is 0.0421. The number of hydrogen-bond acceptors (Lipinski definition) is 3. The van der Waals surface area contributed by atoms with Gasteiger partial charge in [0.1, 0.15) is 5.60 Å². The number of aliphatic hydroxyl groups excluding tert-OH is 1. The zero-order valence-corrected chi connectivity index (χ0v) is 15.1. The molecule has 0 saturated heterocycles. The topological polar surface area (TPSA) is 57.5 Å². The van der Waals surface area contributed by atoms with Gasteiger partial charge in [-0.1, -0.05) is 37.6 Å². The van der Waals surface area contributed by atoms with Crippen LogP contribution in [0.5, 0.6) is 0 Å². The van der Waals surface area contributed by atoms with Crippen molar-refractivity contribution in [2.45, 2.75) is 71.0 Å². The van der Waals surface area contributed by atoms with Crippen LogP contribution in [-0.2, 0) is 4.79 Å². The maximum atomic E-state index is 12.2. The van der Waals surface area contributed by atoms with Crippen LogP contribution >= 0.6 is 0 Å². The normalized spacial score (nSPS) is 53.0. The van der Waals surface area contributed by atoms with E-state index in [-0.39, 0.29) is 16.6 Å². The van der Waals surface area contributed by atoms with Gasteiger partial charge in [0, 0.05) is 10.8 Å². The van der Waals surface area contributed by atoms with E-state index in [2.05, 4.69) is 19.9 Å². The number of carbonyl (C=O) groups excluding carboxylic acids is 1. The number of fused-ring (bicyclic) bond motifs is 5. The van der Waals surface area contributed by atoms with Crippen molar-refractivity contribution in [3.05, 3.63) is 23.8 Å². The maximum Gasteiger partial charge on any atom is 0.161 e. The molecule has 0 unspecified atom stereocenters. The molecule has 0 heterocycles. The second-order valence-electron chi connectivity index (χ2n) is 9.15. The summed E-state index contributed by atoms with van der Waals surface area (Å²) in [6.07, 6.45) is 11.5. The van der Waals surface area contributed by atoms with Gasteiger partial charge in [0.15, 0.2) is 5.78 Å². The minimum atomic E-state index is -1.13. The van der Waals surface area contributed by atoms with E-state index in [1.807, 2.05) is 12.2 Å². The molecular weight excluding hydrogens is 300 g/mol. The molecule has 132 valence electrons. The number of aliphatic hydroxyl groups is 2. The lowest BCUT2D eigenvalue weighted by atomic mass is 9.47. The Labute approximate surface area is 144 Å². The molecule has 0 aromatic rings. The van der Waals surface area contributed by atoms with Crippen LogP contribution < -0.4 is 0 Å². The molecule has 4 rings (SSSR count). The molecule has 0 bridgehead atoms. The lowest BCUT2D eigenvalue weighted by molar-refractivity contribution is -0.158. The van der Waals surface area contributed by atoms with Gasteiger partial charge in [-0.3, -0.25) is 4.79 Å². The van der Waals surface area contributed by atoms with Crippen molar-refractivity contribution in [2.24, 2.45) is 28.6 Å². The van der Waals surface area contributed by atoms with E-state index >= 15 is 0 Å². The monoisotopic (exact) mass is 330 g/mol. The summed E-state index contributed by atoms with van der Waals surface area (Å²) >= 11 is 0. The summed E-state index contributed by atoms with van der Waals surface area (Å²) < 4.78 is 0. The third-order valence-electron chi connectivity index (χ3n) is 8.39. The molecule has 0 amide bonds. The molecule has 24 heavy (non-hydrogen) atoms. The summed E-state index contributed by atoms with van der Waals surface area (Å²) in [7, 11) is 0. The Morgan fingerprint density at radius 3 is 2.58 bits per heavy atom. The highest BCUT2D eigenvalue weighted by molar-refractivity contribution is 5.86. The van der Waals surface area contributed by atoms with Gasteiger partial charge < -0.3 is 10.2 Å². The van der Waals surface area contributed by atoms with Gasteiger partial charge in [-0.05, 0) is 63.2 Å². The second-order valence-corrected chi connectivity index (χ2v) is 9.15. The number of ketones is 1. The van der Waals surface area contributed by atoms with E-state index in [1.54, 1.807) is 6.92 Å². The molecule has 0 radical (unpaired) electrons. The minimum Gasteiger partial charge on any atom is -0.385 e. The second kappa shape index (κ2) is 5.04. The molecule has 7 atom stereocenters. The fourth-order valence-corrected chi connectivity index (χ4v) is 6.91. The molecule has 3 nitrogen and oxygen atoms in total. The van der Waals surface area contributed by atoms with Crippen LogP contribution in [0.15, 0.2) is 23.8 Å². The number of carbonyl (C=O) groups is 1. The van der Waals surface area contributed by atoms with Crippen LogP contribution in [0.25, 0.3) is 0 Å². The largest absolute Gasteiger partial charge is 0.385 e. The highest BCUT2D eigenvalue weighted by Gasteiger charge is 2.65. The molecule has 0 aliphatic heterocycles. The van der Waals surface area contributed by atoms with Crippen molar-refractivity contribution in [3.63, 3.8) is 0 Å². The first-order valence-corrected chi connectivity index (χ1v) is 9.54. The SMILES string of the molecule is CC(=O)[C@@]1(O)CC[C@H]2[C@@H]3CCC4=C[C@@H](O)C=C[C@]4(C)[C@H]3CC[C@@]21C. The van der Waals surface area contributed by atoms with Gasteiger partial charge in [0.05, 0.1) is 6.10 Å². The lowest BCUT2D eigenvalue weighted by Gasteiger charge is -2.58. The van der Waals surface area contributed by atoms with Crippen molar-refractivity contribution in [2.75, 3.05) is 0 Å². The van der Waals surface area contributed by atoms with Crippen LogP contribution in [0, 0.1) is 28.6 Å². The molecule has 3 fully saturated rings. The van der Waals surface area contributed by atoms with Gasteiger partial charge in [-0.2, -0.15) is 0 Å². The van der Waals surface area contributed by atoms with Gasteiger partial charge in [-0.15, -0.1) is 0 Å². The average Bonchev–Trinajstić information content (AvgIpc) is 2.81. The summed E-state index contributed by atoms with van der Waals surface area (Å²) in [5.41, 5.74) is 0.0379. The maximum absolute atomic E-state index is 12.2. The van der Waals surface area contributed by atoms with Crippen molar-refractivity contribution >= 4 is 5.78 Å². The Balaban J connectivity index is 1.70. The Morgan fingerprint density at radius 2 is 1.88 bits per heavy atom. The number of hydrogen-bond donors (Lipinski definition) is 2. The summed E-state index contributed by atoms with van der Waals surface area (Å²) in [6.45, 7) is 6.05. The predicted octanol–water partition coefficient (Wildman–Crippen LogP) is 3.41. The van der Waals surface area contributed by atoms with Gasteiger partial charge in [0.25, 0.3) is 0 Å². The smallest absolute Gasteiger partial charge is 0.161 e. The molecule has 3 heteroatoms. The lowest BCUT2D eigenvalue weighted by Crippen LogP contribution is -2.56. The van der Waals surface area contributed by atoms with Crippen molar-refractivity contribution in [3.8, 4) is 0 Å². The molecular formula is C21H30O3. The summed E-state index contributed by atoms with van der Waals surface area (Å²) in [6, 6.07) is 0. The van der Waals surface area contributed by atoms with Crippen LogP contribution in [0.2, 0.25) is 0 Å². The first kappa shape index (κ1) is 16.5. The molecule has 4 aliphatic carbocycles. The zero-order valence-electron chi connectivity index (χ0n) is 15.1. The third-order valence-corrected chi connectivity index (χ3v) is 8.39. The van der Waals surface area contributed by atoms with Crippen LogP contribution in [-0.4, -0.2) is 27.7 Å². The predicted molar refractivity (Wildman–Crippen MR) is 93.2 cm³/mol. The molecule has 3 saturated carbocycles. The first-order chi connectivity index (χ1) is 11.2. The van der Waals surface area contributed by atoms with E-state index in [0.29, 0.717) is 24.2 Å². The highest BCUT2D eigenvalue weighted by atomic mass is 16.3. The van der Waals surface area contributed by atoms with E-state index in [9.17, 15) is 15.0 Å². The standard InChI is InChI=1S/C21H30O3/c1-13(22)21(24)11-8-18-16-5-4-14-12-15(23)6-9-19(14,2)17(16)7-10-20(18,21)3/h6,9,12,15-18,23-24H,4-5,7-8,10-11H2,1-3H3/t15-,16+,17-,18-,19-,20-,21-/m0/s1. The summed E-state index contributed by atoms with van der Waals surface area (Å²) in [4.78, 5) is 12.2. The molecule has 0 aromatic heterocycles. The third kappa shape index (κ3) is 1.89. The Morgan fingerprint density at radius 1 is 1.17 bits per heavy atom. The quantitative estimate of drug-likeness (QED) is 0.725. The van der Waals surface area contributed by atoms with E-state index in [0.717, 1.165) is 32.1 Å². The molecule has 0 spiro atoms. The van der Waals surface area contributed by atoms with E-state index in [4.69, 9.17) is 0 Å². The fraction of sp³-hybridized carbons (Fsp3) is 0.762. The zero-order chi connectivity index (χ0) is 17.3. The number of Topliss-reactive ketones (excluding diaryl/α,β-unsaturated/α-hetero) is 1. The van der Waals surface area contributed by atoms with Gasteiger partial charge in [0.2, 0.25) is 0 Å². The number of rotatable bonds is 1. The molecule has 2 N–H and O–H groups in total. The summed E-state index contributed by atoms with van der Waals surface area (Å²) in [5.74, 6) is 1.52. The van der Waals surface area contributed by atoms with Gasteiger partial charge in [-0.25, -0.2) is 0 Å². The Hall–Kier alpha value is -0.930. The van der Waals surface area contributed by atoms with Crippen molar-refractivity contribution in [1.29, 1.82) is 0 Å². The van der Waals surface area contributed by atoms with E-state index in [1.165, 1.54) is 5.57 Å². The van der Waals surface area contributed by atoms with Crippen LogP contribution in [0.4, 0.5) is 0 Å². The van der Waals surface area contributed by atoms with Crippen molar-refractivity contribution < 1.29 is 15.0 Å². The molecule has 0 aromatic carbocycles. The molecule has 4 aliphatic rings. The summed E-state index contributed by atoms with van der Waals surface area (Å²) in [5, 5.41) is 21.1. The Kier molecular flexibility index (Phi) is 3.48. The van der Waals surface area contributed by atoms with Gasteiger partial charge >= 0.3 is 0 Å². The first-order valence-electron chi connectivity index (χ1n) is 9.54. The van der Waals surface area contributed by atoms with Crippen LogP contribution in [0.3, 0.4) is 0 Å².